The molecule has 3 heterocycles. The summed E-state index contributed by atoms with van der Waals surface area (Å²) < 4.78 is 0. The fourth-order valence-corrected chi connectivity index (χ4v) is 7.99. The van der Waals surface area contributed by atoms with Crippen LogP contribution in [0, 0.1) is 11.3 Å². The Hall–Kier alpha value is -6.18. The summed E-state index contributed by atoms with van der Waals surface area (Å²) in [5.41, 5.74) is 7.69. The van der Waals surface area contributed by atoms with E-state index in [-0.39, 0.29) is 43.3 Å². The van der Waals surface area contributed by atoms with E-state index in [4.69, 9.17) is 0 Å². The maximum absolute atomic E-state index is 14.7. The minimum atomic E-state index is -1.19. The minimum absolute atomic E-state index is 0.0766. The first-order valence-electron chi connectivity index (χ1n) is 21.4. The molecule has 6 rings (SSSR count). The van der Waals surface area contributed by atoms with Crippen LogP contribution >= 0.6 is 0 Å². The number of amides is 5. The number of aliphatic hydroxyl groups is 1. The molecule has 326 valence electrons. The molecule has 5 aromatic rings. The van der Waals surface area contributed by atoms with E-state index in [1.165, 1.54) is 6.92 Å². The van der Waals surface area contributed by atoms with Crippen LogP contribution in [-0.2, 0) is 33.9 Å². The Kier molecular flexibility index (Phi) is 15.1. The Morgan fingerprint density at radius 1 is 0.823 bits per heavy atom. The van der Waals surface area contributed by atoms with Crippen molar-refractivity contribution in [2.45, 2.75) is 91.7 Å². The number of nitrogens with one attached hydrogen (secondary N) is 3. The molecule has 5 atom stereocenters. The molecule has 5 amide bonds. The third kappa shape index (κ3) is 11.6. The van der Waals surface area contributed by atoms with Gasteiger partial charge in [-0.15, -0.1) is 0 Å². The van der Waals surface area contributed by atoms with E-state index < -0.39 is 35.6 Å². The van der Waals surface area contributed by atoms with Crippen molar-refractivity contribution < 1.29 is 24.3 Å². The zero-order chi connectivity index (χ0) is 44.4. The lowest BCUT2D eigenvalue weighted by atomic mass is 9.86. The number of pyridine rings is 2. The second-order valence-corrected chi connectivity index (χ2v) is 17.4. The van der Waals surface area contributed by atoms with Gasteiger partial charge in [0, 0.05) is 63.0 Å². The number of hydrogen-bond acceptors (Lipinski definition) is 8. The van der Waals surface area contributed by atoms with Crippen molar-refractivity contribution in [1.29, 1.82) is 0 Å². The average molecular weight is 841 g/mol. The second-order valence-electron chi connectivity index (χ2n) is 17.4. The number of urea groups is 1. The van der Waals surface area contributed by atoms with Crippen molar-refractivity contribution in [3.8, 4) is 11.3 Å². The lowest BCUT2D eigenvalue weighted by Gasteiger charge is -2.36. The van der Waals surface area contributed by atoms with Crippen LogP contribution in [0.4, 0.5) is 4.79 Å². The van der Waals surface area contributed by atoms with Gasteiger partial charge >= 0.3 is 6.03 Å². The number of fused-ring (bicyclic) bond motifs is 1. The molecule has 0 bridgehead atoms. The molecule has 4 N–H and O–H groups in total. The molecule has 1 aliphatic rings. The highest BCUT2D eigenvalue weighted by Crippen LogP contribution is 2.26. The number of carbonyl (C=O) groups is 4. The summed E-state index contributed by atoms with van der Waals surface area (Å²) in [7, 11) is 0. The standard InChI is InChI=1S/C49H60N8O5/c1-7-33(2)44(57-28-27-55(48(57)62)31-38-24-26-51-41-19-12-11-17-39(38)41)46(60)53-42(29-35-15-9-8-10-16-35)43(59)32-56(54-47(61)45(49(4,5)6)52-34(3)58)30-36-20-22-37(23-21-36)40-18-13-14-25-50-40/h8-26,33,42-45,59H,7,27-32H2,1-6H3,(H,52,58)(H,53,60)(H,54,61)/t33-,42-,43-,44-,45+/m0/s1. The van der Waals surface area contributed by atoms with Gasteiger partial charge in [-0.2, -0.15) is 0 Å². The fourth-order valence-electron chi connectivity index (χ4n) is 7.99. The largest absolute Gasteiger partial charge is 0.390 e. The van der Waals surface area contributed by atoms with Gasteiger partial charge in [0.1, 0.15) is 12.1 Å². The predicted molar refractivity (Wildman–Crippen MR) is 241 cm³/mol. The van der Waals surface area contributed by atoms with Crippen molar-refractivity contribution >= 4 is 34.7 Å². The Balaban J connectivity index is 1.25. The zero-order valence-corrected chi connectivity index (χ0v) is 36.6. The highest BCUT2D eigenvalue weighted by atomic mass is 16.3. The molecule has 3 aromatic carbocycles. The van der Waals surface area contributed by atoms with Crippen LogP contribution in [0.15, 0.2) is 116 Å². The summed E-state index contributed by atoms with van der Waals surface area (Å²) >= 11 is 0. The van der Waals surface area contributed by atoms with Crippen molar-refractivity contribution in [2.24, 2.45) is 11.3 Å². The normalized spacial score (nSPS) is 15.5. The van der Waals surface area contributed by atoms with Crippen LogP contribution in [0.3, 0.4) is 0 Å². The van der Waals surface area contributed by atoms with E-state index >= 15 is 0 Å². The third-order valence-corrected chi connectivity index (χ3v) is 11.5. The molecule has 1 saturated heterocycles. The molecule has 0 aliphatic carbocycles. The van der Waals surface area contributed by atoms with E-state index in [1.807, 2.05) is 138 Å². The molecule has 0 radical (unpaired) electrons. The van der Waals surface area contributed by atoms with Crippen molar-refractivity contribution in [3.05, 3.63) is 132 Å². The SMILES string of the molecule is CC[C@H](C)[C@@H](C(=O)N[C@@H](Cc1ccccc1)[C@@H](O)CN(Cc1ccc(-c2ccccn2)cc1)NC(=O)[C@@H](NC(C)=O)C(C)(C)C)N1CCN(Cc2ccnc3ccccc23)C1=O. The third-order valence-electron chi connectivity index (χ3n) is 11.5. The van der Waals surface area contributed by atoms with Crippen LogP contribution in [0.1, 0.15) is 64.7 Å². The maximum atomic E-state index is 14.7. The second kappa shape index (κ2) is 20.6. The summed E-state index contributed by atoms with van der Waals surface area (Å²) in [5.74, 6) is -1.34. The molecule has 13 heteroatoms. The van der Waals surface area contributed by atoms with Gasteiger partial charge in [0.15, 0.2) is 0 Å². The summed E-state index contributed by atoms with van der Waals surface area (Å²) in [6.07, 6.45) is 3.23. The van der Waals surface area contributed by atoms with E-state index in [2.05, 4.69) is 26.0 Å². The van der Waals surface area contributed by atoms with Crippen LogP contribution < -0.4 is 16.1 Å². The van der Waals surface area contributed by atoms with Crippen molar-refractivity contribution in [2.75, 3.05) is 19.6 Å². The fraction of sp³-hybridized carbons (Fsp3) is 0.388. The number of nitrogens with zero attached hydrogens (tertiary/aromatic N) is 5. The molecule has 0 unspecified atom stereocenters. The summed E-state index contributed by atoms with van der Waals surface area (Å²) in [6, 6.07) is 30.2. The first-order valence-corrected chi connectivity index (χ1v) is 21.4. The van der Waals surface area contributed by atoms with Gasteiger partial charge in [-0.05, 0) is 58.7 Å². The first-order chi connectivity index (χ1) is 29.7. The molecule has 2 aromatic heterocycles. The monoisotopic (exact) mass is 840 g/mol. The lowest BCUT2D eigenvalue weighted by Crippen LogP contribution is -2.60. The lowest BCUT2D eigenvalue weighted by molar-refractivity contribution is -0.135. The topological polar surface area (TPSA) is 160 Å². The molecular formula is C49H60N8O5. The Morgan fingerprint density at radius 2 is 1.53 bits per heavy atom. The number of carbonyl (C=O) groups excluding carboxylic acids is 4. The molecule has 0 spiro atoms. The van der Waals surface area contributed by atoms with Crippen molar-refractivity contribution in [3.63, 3.8) is 0 Å². The number of rotatable bonds is 18. The number of hydrogen-bond donors (Lipinski definition) is 4. The van der Waals surface area contributed by atoms with Crippen LogP contribution in [0.5, 0.6) is 0 Å². The molecule has 13 nitrogen and oxygen atoms in total. The number of benzene rings is 3. The van der Waals surface area contributed by atoms with Crippen molar-refractivity contribution in [1.82, 2.24) is 40.8 Å². The predicted octanol–water partition coefficient (Wildman–Crippen LogP) is 6.12. The van der Waals surface area contributed by atoms with Gasteiger partial charge in [0.25, 0.3) is 5.91 Å². The Bertz CT molecular complexity index is 2280. The number of hydrazine groups is 1. The molecule has 0 saturated carbocycles. The van der Waals surface area contributed by atoms with Gasteiger partial charge in [-0.3, -0.25) is 29.8 Å². The van der Waals surface area contributed by atoms with Gasteiger partial charge < -0.3 is 25.5 Å². The van der Waals surface area contributed by atoms with Crippen LogP contribution in [0.25, 0.3) is 22.2 Å². The first kappa shape index (κ1) is 45.3. The molecular weight excluding hydrogens is 781 g/mol. The maximum Gasteiger partial charge on any atom is 0.321 e. The summed E-state index contributed by atoms with van der Waals surface area (Å²) in [5, 5.41) is 20.8. The number of aromatic nitrogens is 2. The molecule has 62 heavy (non-hydrogen) atoms. The van der Waals surface area contributed by atoms with E-state index in [0.29, 0.717) is 26.1 Å². The minimum Gasteiger partial charge on any atom is -0.390 e. The van der Waals surface area contributed by atoms with Gasteiger partial charge in [0.05, 0.1) is 23.4 Å². The van der Waals surface area contributed by atoms with E-state index in [1.54, 1.807) is 27.2 Å². The quantitative estimate of drug-likeness (QED) is 0.0769. The Morgan fingerprint density at radius 3 is 2.21 bits per heavy atom. The summed E-state index contributed by atoms with van der Waals surface area (Å²) in [6.45, 7) is 12.3. The number of aliphatic hydroxyl groups excluding tert-OH is 1. The van der Waals surface area contributed by atoms with E-state index in [0.717, 1.165) is 38.9 Å². The molecule has 1 fully saturated rings. The zero-order valence-electron chi connectivity index (χ0n) is 36.6. The highest BCUT2D eigenvalue weighted by Gasteiger charge is 2.41. The summed E-state index contributed by atoms with van der Waals surface area (Å²) in [4.78, 5) is 67.4. The van der Waals surface area contributed by atoms with Crippen LogP contribution in [0.2, 0.25) is 0 Å². The smallest absolute Gasteiger partial charge is 0.321 e. The average Bonchev–Trinajstić information content (AvgIpc) is 3.61. The van der Waals surface area contributed by atoms with Crippen LogP contribution in [-0.4, -0.2) is 97.5 Å². The molecule has 1 aliphatic heterocycles. The number of para-hydroxylation sites is 1. The van der Waals surface area contributed by atoms with E-state index in [9.17, 15) is 24.3 Å². The Labute approximate surface area is 364 Å². The highest BCUT2D eigenvalue weighted by molar-refractivity contribution is 5.89. The van der Waals surface area contributed by atoms with Gasteiger partial charge in [0.2, 0.25) is 11.8 Å². The van der Waals surface area contributed by atoms with Gasteiger partial charge in [-0.25, -0.2) is 9.80 Å². The van der Waals surface area contributed by atoms with Gasteiger partial charge in [-0.1, -0.05) is 120 Å².